The maximum atomic E-state index is 5.56. The molecule has 90 valence electrons. The number of nitrogens with one attached hydrogen (secondary N) is 1. The van der Waals surface area contributed by atoms with Crippen LogP contribution in [-0.2, 0) is 0 Å². The van der Waals surface area contributed by atoms with E-state index in [2.05, 4.69) is 49.5 Å². The first-order valence-electron chi connectivity index (χ1n) is 5.97. The van der Waals surface area contributed by atoms with Gasteiger partial charge in [0.2, 0.25) is 0 Å². The number of furan rings is 1. The van der Waals surface area contributed by atoms with Gasteiger partial charge in [-0.3, -0.25) is 0 Å². The molecule has 2 nitrogen and oxygen atoms in total. The summed E-state index contributed by atoms with van der Waals surface area (Å²) in [7, 11) is 0. The molecule has 0 aliphatic rings. The average Bonchev–Trinajstić information content (AvgIpc) is 2.61. The van der Waals surface area contributed by atoms with Crippen LogP contribution in [0.2, 0.25) is 0 Å². The van der Waals surface area contributed by atoms with E-state index in [0.29, 0.717) is 0 Å². The van der Waals surface area contributed by atoms with Crippen LogP contribution in [0.4, 0.5) is 5.69 Å². The van der Waals surface area contributed by atoms with Gasteiger partial charge in [-0.1, -0.05) is 18.2 Å². The zero-order chi connectivity index (χ0) is 12.4. The predicted molar refractivity (Wildman–Crippen MR) is 71.4 cm³/mol. The van der Waals surface area contributed by atoms with Gasteiger partial charge in [0.1, 0.15) is 11.5 Å². The molecule has 0 bridgehead atoms. The summed E-state index contributed by atoms with van der Waals surface area (Å²) in [6.45, 7) is 8.27. The van der Waals surface area contributed by atoms with Gasteiger partial charge in [-0.25, -0.2) is 0 Å². The van der Waals surface area contributed by atoms with Crippen molar-refractivity contribution in [1.29, 1.82) is 0 Å². The Morgan fingerprint density at radius 2 is 1.82 bits per heavy atom. The van der Waals surface area contributed by atoms with Gasteiger partial charge in [0, 0.05) is 11.3 Å². The Hall–Kier alpha value is -1.70. The minimum absolute atomic E-state index is 0.258. The minimum Gasteiger partial charge on any atom is -0.466 e. The molecule has 2 rings (SSSR count). The molecule has 2 heteroatoms. The summed E-state index contributed by atoms with van der Waals surface area (Å²) in [6, 6.07) is 10.7. The van der Waals surface area contributed by atoms with E-state index in [0.717, 1.165) is 11.5 Å². The lowest BCUT2D eigenvalue weighted by Crippen LogP contribution is -2.07. The Bertz CT molecular complexity index is 513. The summed E-state index contributed by atoms with van der Waals surface area (Å²) in [4.78, 5) is 0. The molecule has 1 atom stereocenters. The van der Waals surface area contributed by atoms with Crippen LogP contribution in [-0.4, -0.2) is 0 Å². The SMILES string of the molecule is Cc1cc(C(C)Nc2ccccc2C)c(C)o1. The van der Waals surface area contributed by atoms with E-state index in [1.807, 2.05) is 13.8 Å². The monoisotopic (exact) mass is 229 g/mol. The fourth-order valence-electron chi connectivity index (χ4n) is 2.13. The molecular weight excluding hydrogens is 210 g/mol. The second-order valence-electron chi connectivity index (χ2n) is 4.55. The number of hydrogen-bond acceptors (Lipinski definition) is 2. The van der Waals surface area contributed by atoms with Crippen molar-refractivity contribution in [2.75, 3.05) is 5.32 Å². The Balaban J connectivity index is 2.20. The largest absolute Gasteiger partial charge is 0.466 e. The maximum Gasteiger partial charge on any atom is 0.106 e. The molecular formula is C15H19NO. The van der Waals surface area contributed by atoms with Crippen LogP contribution in [0.15, 0.2) is 34.7 Å². The molecule has 0 aliphatic heterocycles. The number of aryl methyl sites for hydroxylation is 3. The van der Waals surface area contributed by atoms with E-state index in [-0.39, 0.29) is 6.04 Å². The third-order valence-corrected chi connectivity index (χ3v) is 3.06. The summed E-state index contributed by atoms with van der Waals surface area (Å²) in [6.07, 6.45) is 0. The smallest absolute Gasteiger partial charge is 0.106 e. The van der Waals surface area contributed by atoms with Crippen molar-refractivity contribution in [1.82, 2.24) is 0 Å². The highest BCUT2D eigenvalue weighted by molar-refractivity contribution is 5.52. The van der Waals surface area contributed by atoms with Gasteiger partial charge in [-0.05, 0) is 45.4 Å². The molecule has 0 saturated carbocycles. The van der Waals surface area contributed by atoms with E-state index in [1.165, 1.54) is 16.8 Å². The van der Waals surface area contributed by atoms with Gasteiger partial charge < -0.3 is 9.73 Å². The van der Waals surface area contributed by atoms with Crippen LogP contribution < -0.4 is 5.32 Å². The number of para-hydroxylation sites is 1. The number of benzene rings is 1. The zero-order valence-electron chi connectivity index (χ0n) is 10.9. The molecule has 1 N–H and O–H groups in total. The van der Waals surface area contributed by atoms with E-state index in [9.17, 15) is 0 Å². The lowest BCUT2D eigenvalue weighted by molar-refractivity contribution is 0.500. The third-order valence-electron chi connectivity index (χ3n) is 3.06. The van der Waals surface area contributed by atoms with Gasteiger partial charge in [0.25, 0.3) is 0 Å². The summed E-state index contributed by atoms with van der Waals surface area (Å²) in [5.41, 5.74) is 3.67. The van der Waals surface area contributed by atoms with Crippen LogP contribution in [0.1, 0.15) is 35.6 Å². The number of hydrogen-bond donors (Lipinski definition) is 1. The molecule has 1 aromatic heterocycles. The van der Waals surface area contributed by atoms with E-state index in [4.69, 9.17) is 4.42 Å². The Kier molecular flexibility index (Phi) is 3.23. The van der Waals surface area contributed by atoms with Gasteiger partial charge >= 0.3 is 0 Å². The first-order valence-corrected chi connectivity index (χ1v) is 5.97. The van der Waals surface area contributed by atoms with Crippen molar-refractivity contribution < 1.29 is 4.42 Å². The van der Waals surface area contributed by atoms with Gasteiger partial charge in [0.15, 0.2) is 0 Å². The average molecular weight is 229 g/mol. The van der Waals surface area contributed by atoms with Crippen LogP contribution >= 0.6 is 0 Å². The minimum atomic E-state index is 0.258. The highest BCUT2D eigenvalue weighted by atomic mass is 16.3. The quantitative estimate of drug-likeness (QED) is 0.845. The summed E-state index contributed by atoms with van der Waals surface area (Å²) >= 11 is 0. The second-order valence-corrected chi connectivity index (χ2v) is 4.55. The van der Waals surface area contributed by atoms with Gasteiger partial charge in [0.05, 0.1) is 6.04 Å². The van der Waals surface area contributed by atoms with Gasteiger partial charge in [-0.2, -0.15) is 0 Å². The fourth-order valence-corrected chi connectivity index (χ4v) is 2.13. The molecule has 17 heavy (non-hydrogen) atoms. The molecule has 0 aliphatic carbocycles. The Morgan fingerprint density at radius 1 is 1.12 bits per heavy atom. The Morgan fingerprint density at radius 3 is 2.41 bits per heavy atom. The van der Waals surface area contributed by atoms with Crippen molar-refractivity contribution in [3.63, 3.8) is 0 Å². The van der Waals surface area contributed by atoms with E-state index in [1.54, 1.807) is 0 Å². The lowest BCUT2D eigenvalue weighted by atomic mass is 10.1. The lowest BCUT2D eigenvalue weighted by Gasteiger charge is -2.16. The van der Waals surface area contributed by atoms with Gasteiger partial charge in [-0.15, -0.1) is 0 Å². The van der Waals surface area contributed by atoms with Crippen molar-refractivity contribution >= 4 is 5.69 Å². The van der Waals surface area contributed by atoms with Crippen LogP contribution in [0.3, 0.4) is 0 Å². The fraction of sp³-hybridized carbons (Fsp3) is 0.333. The summed E-state index contributed by atoms with van der Waals surface area (Å²) in [5, 5.41) is 3.52. The Labute approximate surface area is 103 Å². The highest BCUT2D eigenvalue weighted by Gasteiger charge is 2.12. The molecule has 0 fully saturated rings. The molecule has 0 spiro atoms. The molecule has 0 radical (unpaired) electrons. The predicted octanol–water partition coefficient (Wildman–Crippen LogP) is 4.38. The van der Waals surface area contributed by atoms with Crippen molar-refractivity contribution in [2.45, 2.75) is 33.7 Å². The van der Waals surface area contributed by atoms with Crippen LogP contribution in [0.5, 0.6) is 0 Å². The van der Waals surface area contributed by atoms with Crippen molar-refractivity contribution in [3.8, 4) is 0 Å². The maximum absolute atomic E-state index is 5.56. The molecule has 2 aromatic rings. The highest BCUT2D eigenvalue weighted by Crippen LogP contribution is 2.26. The second kappa shape index (κ2) is 4.66. The standard InChI is InChI=1S/C15H19NO/c1-10-7-5-6-8-15(10)16-12(3)14-9-11(2)17-13(14)4/h5-9,12,16H,1-4H3. The normalized spacial score (nSPS) is 12.5. The molecule has 0 saturated heterocycles. The zero-order valence-corrected chi connectivity index (χ0v) is 10.9. The van der Waals surface area contributed by atoms with Crippen LogP contribution in [0, 0.1) is 20.8 Å². The first-order chi connectivity index (χ1) is 8.08. The van der Waals surface area contributed by atoms with Crippen molar-refractivity contribution in [2.24, 2.45) is 0 Å². The van der Waals surface area contributed by atoms with Crippen LogP contribution in [0.25, 0.3) is 0 Å². The molecule has 1 aromatic carbocycles. The third kappa shape index (κ3) is 2.52. The van der Waals surface area contributed by atoms with E-state index < -0.39 is 0 Å². The molecule has 1 unspecified atom stereocenters. The topological polar surface area (TPSA) is 25.2 Å². The number of anilines is 1. The summed E-state index contributed by atoms with van der Waals surface area (Å²) < 4.78 is 5.56. The van der Waals surface area contributed by atoms with E-state index >= 15 is 0 Å². The molecule has 0 amide bonds. The van der Waals surface area contributed by atoms with Crippen molar-refractivity contribution in [3.05, 3.63) is 53.0 Å². The first kappa shape index (κ1) is 11.8. The molecule has 1 heterocycles. The number of rotatable bonds is 3. The summed E-state index contributed by atoms with van der Waals surface area (Å²) in [5.74, 6) is 1.96.